The molecule has 2 aliphatic rings. The molecular weight excluding hydrogens is 308 g/mol. The zero-order valence-electron chi connectivity index (χ0n) is 12.9. The molecule has 0 spiro atoms. The number of benzene rings is 1. The van der Waals surface area contributed by atoms with Crippen LogP contribution in [0.3, 0.4) is 0 Å². The van der Waals surface area contributed by atoms with E-state index in [1.165, 1.54) is 17.8 Å². The Bertz CT molecular complexity index is 675. The highest BCUT2D eigenvalue weighted by Crippen LogP contribution is 2.43. The number of nitrogens with one attached hydrogen (secondary N) is 1. The van der Waals surface area contributed by atoms with Gasteiger partial charge < -0.3 is 10.2 Å². The molecule has 2 heterocycles. The fourth-order valence-corrected chi connectivity index (χ4v) is 4.14. The molecule has 4 rings (SSSR count). The number of hydrogen-bond donors (Lipinski definition) is 1. The molecule has 2 fully saturated rings. The van der Waals surface area contributed by atoms with Gasteiger partial charge in [-0.3, -0.25) is 0 Å². The van der Waals surface area contributed by atoms with E-state index in [1.807, 2.05) is 35.2 Å². The molecule has 120 valence electrons. The van der Waals surface area contributed by atoms with Gasteiger partial charge in [0.1, 0.15) is 10.0 Å². The first-order valence-electron chi connectivity index (χ1n) is 8.24. The number of nitrogens with zero attached hydrogens (tertiary/aromatic N) is 3. The van der Waals surface area contributed by atoms with Crippen molar-refractivity contribution in [3.63, 3.8) is 0 Å². The van der Waals surface area contributed by atoms with Gasteiger partial charge in [0.05, 0.1) is 0 Å². The van der Waals surface area contributed by atoms with Gasteiger partial charge in [-0.25, -0.2) is 4.79 Å². The topological polar surface area (TPSA) is 58.1 Å². The minimum absolute atomic E-state index is 0.00872. The molecule has 1 saturated heterocycles. The normalized spacial score (nSPS) is 18.9. The first kappa shape index (κ1) is 14.6. The van der Waals surface area contributed by atoms with Gasteiger partial charge >= 0.3 is 6.03 Å². The molecule has 2 aromatic rings. The number of aromatic nitrogens is 2. The number of anilines is 1. The van der Waals surface area contributed by atoms with Crippen LogP contribution < -0.4 is 5.32 Å². The third-order valence-corrected chi connectivity index (χ3v) is 5.79. The first-order valence-corrected chi connectivity index (χ1v) is 9.05. The molecule has 0 unspecified atom stereocenters. The van der Waals surface area contributed by atoms with E-state index in [1.54, 1.807) is 11.3 Å². The SMILES string of the molecule is O=C(Nc1ccccc1)N1CCC(c2nnc(C3CC3)s2)CC1. The quantitative estimate of drug-likeness (QED) is 0.931. The van der Waals surface area contributed by atoms with E-state index < -0.39 is 0 Å². The average molecular weight is 328 g/mol. The maximum Gasteiger partial charge on any atom is 0.321 e. The van der Waals surface area contributed by atoms with Crippen molar-refractivity contribution < 1.29 is 4.79 Å². The van der Waals surface area contributed by atoms with Crippen LogP contribution in [-0.4, -0.2) is 34.2 Å². The Labute approximate surface area is 139 Å². The smallest absolute Gasteiger partial charge is 0.321 e. The average Bonchev–Trinajstić information content (AvgIpc) is 3.33. The summed E-state index contributed by atoms with van der Waals surface area (Å²) in [7, 11) is 0. The molecule has 1 aromatic heterocycles. The summed E-state index contributed by atoms with van der Waals surface area (Å²) in [6.45, 7) is 1.56. The van der Waals surface area contributed by atoms with Gasteiger partial charge in [0.15, 0.2) is 0 Å². The fraction of sp³-hybridized carbons (Fsp3) is 0.471. The molecule has 1 aliphatic carbocycles. The number of carbonyl (C=O) groups is 1. The highest BCUT2D eigenvalue weighted by molar-refractivity contribution is 7.11. The molecule has 1 saturated carbocycles. The number of carbonyl (C=O) groups excluding carboxylic acids is 1. The Kier molecular flexibility index (Phi) is 3.99. The van der Waals surface area contributed by atoms with Gasteiger partial charge in [-0.1, -0.05) is 18.2 Å². The molecule has 2 amide bonds. The van der Waals surface area contributed by atoms with Crippen molar-refractivity contribution in [1.29, 1.82) is 0 Å². The third kappa shape index (κ3) is 3.37. The van der Waals surface area contributed by atoms with Gasteiger partial charge in [-0.2, -0.15) is 0 Å². The molecule has 1 N–H and O–H groups in total. The Morgan fingerprint density at radius 3 is 2.22 bits per heavy atom. The Morgan fingerprint density at radius 1 is 1.00 bits per heavy atom. The standard InChI is InChI=1S/C17H20N4OS/c22-17(18-14-4-2-1-3-5-14)21-10-8-13(9-11-21)16-20-19-15(23-16)12-6-7-12/h1-5,12-13H,6-11H2,(H,18,22). The lowest BCUT2D eigenvalue weighted by molar-refractivity contribution is 0.194. The second kappa shape index (κ2) is 6.28. The van der Waals surface area contributed by atoms with Crippen molar-refractivity contribution in [3.05, 3.63) is 40.3 Å². The number of hydrogen-bond acceptors (Lipinski definition) is 4. The van der Waals surface area contributed by atoms with E-state index in [4.69, 9.17) is 0 Å². The Morgan fingerprint density at radius 2 is 1.61 bits per heavy atom. The number of rotatable bonds is 3. The van der Waals surface area contributed by atoms with Gasteiger partial charge in [0, 0.05) is 30.6 Å². The zero-order valence-corrected chi connectivity index (χ0v) is 13.8. The highest BCUT2D eigenvalue weighted by Gasteiger charge is 2.30. The van der Waals surface area contributed by atoms with Crippen LogP contribution >= 0.6 is 11.3 Å². The second-order valence-corrected chi connectivity index (χ2v) is 7.35. The summed E-state index contributed by atoms with van der Waals surface area (Å²) in [4.78, 5) is 14.2. The zero-order chi connectivity index (χ0) is 15.6. The maximum absolute atomic E-state index is 12.3. The summed E-state index contributed by atoms with van der Waals surface area (Å²) in [5.41, 5.74) is 0.845. The number of likely N-dealkylation sites (tertiary alicyclic amines) is 1. The fourth-order valence-electron chi connectivity index (χ4n) is 2.96. The largest absolute Gasteiger partial charge is 0.324 e. The number of piperidine rings is 1. The van der Waals surface area contributed by atoms with Crippen LogP contribution in [0.4, 0.5) is 10.5 Å². The monoisotopic (exact) mass is 328 g/mol. The van der Waals surface area contributed by atoms with Crippen LogP contribution in [0.15, 0.2) is 30.3 Å². The minimum Gasteiger partial charge on any atom is -0.324 e. The molecule has 1 aliphatic heterocycles. The van der Waals surface area contributed by atoms with E-state index in [-0.39, 0.29) is 6.03 Å². The van der Waals surface area contributed by atoms with E-state index in [9.17, 15) is 4.79 Å². The lowest BCUT2D eigenvalue weighted by Gasteiger charge is -2.30. The lowest BCUT2D eigenvalue weighted by atomic mass is 9.98. The summed E-state index contributed by atoms with van der Waals surface area (Å²) >= 11 is 1.78. The summed E-state index contributed by atoms with van der Waals surface area (Å²) in [5, 5.41) is 14.1. The predicted octanol–water partition coefficient (Wildman–Crippen LogP) is 3.83. The van der Waals surface area contributed by atoms with Crippen molar-refractivity contribution in [2.45, 2.75) is 37.5 Å². The van der Waals surface area contributed by atoms with Crippen LogP contribution in [0, 0.1) is 0 Å². The van der Waals surface area contributed by atoms with Gasteiger partial charge in [-0.05, 0) is 37.8 Å². The van der Waals surface area contributed by atoms with Crippen molar-refractivity contribution in [3.8, 4) is 0 Å². The second-order valence-electron chi connectivity index (χ2n) is 6.31. The van der Waals surface area contributed by atoms with Crippen LogP contribution in [0.25, 0.3) is 0 Å². The van der Waals surface area contributed by atoms with Gasteiger partial charge in [-0.15, -0.1) is 21.5 Å². The number of para-hydroxylation sites is 1. The molecular formula is C17H20N4OS. The van der Waals surface area contributed by atoms with Gasteiger partial charge in [0.2, 0.25) is 0 Å². The number of amides is 2. The van der Waals surface area contributed by atoms with E-state index in [0.29, 0.717) is 11.8 Å². The van der Waals surface area contributed by atoms with Gasteiger partial charge in [0.25, 0.3) is 0 Å². The van der Waals surface area contributed by atoms with E-state index in [2.05, 4.69) is 15.5 Å². The molecule has 1 aromatic carbocycles. The highest BCUT2D eigenvalue weighted by atomic mass is 32.1. The van der Waals surface area contributed by atoms with Crippen molar-refractivity contribution in [2.75, 3.05) is 18.4 Å². The third-order valence-electron chi connectivity index (χ3n) is 4.54. The molecule has 23 heavy (non-hydrogen) atoms. The van der Waals surface area contributed by atoms with Crippen molar-refractivity contribution in [2.24, 2.45) is 0 Å². The van der Waals surface area contributed by atoms with Crippen LogP contribution in [0.1, 0.15) is 47.5 Å². The minimum atomic E-state index is -0.00872. The summed E-state index contributed by atoms with van der Waals surface area (Å²) in [6.07, 6.45) is 4.49. The van der Waals surface area contributed by atoms with Crippen LogP contribution in [0.5, 0.6) is 0 Å². The summed E-state index contributed by atoms with van der Waals surface area (Å²) in [6, 6.07) is 9.60. The molecule has 0 bridgehead atoms. The molecule has 0 atom stereocenters. The molecule has 0 radical (unpaired) electrons. The summed E-state index contributed by atoms with van der Waals surface area (Å²) < 4.78 is 0. The maximum atomic E-state index is 12.3. The lowest BCUT2D eigenvalue weighted by Crippen LogP contribution is -2.40. The summed E-state index contributed by atoms with van der Waals surface area (Å²) in [5.74, 6) is 1.14. The Balaban J connectivity index is 1.32. The molecule has 6 heteroatoms. The Hall–Kier alpha value is -1.95. The van der Waals surface area contributed by atoms with E-state index >= 15 is 0 Å². The first-order chi connectivity index (χ1) is 11.3. The predicted molar refractivity (Wildman–Crippen MR) is 90.9 cm³/mol. The van der Waals surface area contributed by atoms with Crippen molar-refractivity contribution >= 4 is 23.1 Å². The van der Waals surface area contributed by atoms with E-state index in [0.717, 1.165) is 36.6 Å². The molecule has 5 nitrogen and oxygen atoms in total. The number of urea groups is 1. The van der Waals surface area contributed by atoms with Crippen LogP contribution in [0.2, 0.25) is 0 Å². The van der Waals surface area contributed by atoms with Crippen LogP contribution in [-0.2, 0) is 0 Å². The van der Waals surface area contributed by atoms with Crippen molar-refractivity contribution in [1.82, 2.24) is 15.1 Å².